The molecule has 1 saturated carbocycles. The maximum absolute atomic E-state index is 12.7. The quantitative estimate of drug-likeness (QED) is 0.841. The third-order valence-corrected chi connectivity index (χ3v) is 5.15. The zero-order chi connectivity index (χ0) is 19.7. The molecule has 0 bridgehead atoms. The van der Waals surface area contributed by atoms with Gasteiger partial charge in [-0.25, -0.2) is 0 Å². The van der Waals surface area contributed by atoms with Crippen LogP contribution in [0, 0.1) is 12.8 Å². The average Bonchev–Trinajstić information content (AvgIpc) is 3.41. The molecule has 1 heterocycles. The van der Waals surface area contributed by atoms with E-state index in [1.807, 2.05) is 31.2 Å². The van der Waals surface area contributed by atoms with Crippen molar-refractivity contribution in [2.45, 2.75) is 32.2 Å². The molecule has 144 valence electrons. The van der Waals surface area contributed by atoms with Crippen LogP contribution in [0.4, 0.5) is 11.4 Å². The highest BCUT2D eigenvalue weighted by Gasteiger charge is 2.35. The molecule has 2 aromatic carbocycles. The van der Waals surface area contributed by atoms with Crippen LogP contribution in [-0.4, -0.2) is 30.3 Å². The topological polar surface area (TPSA) is 78.5 Å². The van der Waals surface area contributed by atoms with E-state index in [0.717, 1.165) is 24.1 Å². The summed E-state index contributed by atoms with van der Waals surface area (Å²) >= 11 is 0. The number of anilines is 2. The molecule has 2 aromatic rings. The predicted molar refractivity (Wildman–Crippen MR) is 107 cm³/mol. The van der Waals surface area contributed by atoms with Crippen LogP contribution in [0.1, 0.15) is 35.2 Å². The summed E-state index contributed by atoms with van der Waals surface area (Å²) in [6, 6.07) is 14.9. The third-order valence-electron chi connectivity index (χ3n) is 5.15. The smallest absolute Gasteiger partial charge is 0.251 e. The van der Waals surface area contributed by atoms with E-state index in [4.69, 9.17) is 0 Å². The van der Waals surface area contributed by atoms with Gasteiger partial charge in [-0.1, -0.05) is 23.8 Å². The van der Waals surface area contributed by atoms with E-state index in [1.165, 1.54) is 0 Å². The fraction of sp³-hybridized carbons (Fsp3) is 0.318. The summed E-state index contributed by atoms with van der Waals surface area (Å²) in [5.74, 6) is -0.804. The molecule has 1 saturated heterocycles. The summed E-state index contributed by atoms with van der Waals surface area (Å²) in [6.07, 6.45) is 2.23. The summed E-state index contributed by atoms with van der Waals surface area (Å²) in [4.78, 5) is 38.9. The Kier molecular flexibility index (Phi) is 4.86. The van der Waals surface area contributed by atoms with Gasteiger partial charge in [0.25, 0.3) is 5.91 Å². The van der Waals surface area contributed by atoms with Crippen LogP contribution < -0.4 is 15.5 Å². The van der Waals surface area contributed by atoms with Crippen molar-refractivity contribution in [3.63, 3.8) is 0 Å². The number of benzene rings is 2. The molecule has 0 spiro atoms. The number of carbonyl (C=O) groups excluding carboxylic acids is 3. The zero-order valence-corrected chi connectivity index (χ0v) is 15.8. The van der Waals surface area contributed by atoms with Crippen LogP contribution in [0.2, 0.25) is 0 Å². The summed E-state index contributed by atoms with van der Waals surface area (Å²) in [5.41, 5.74) is 3.02. The number of aryl methyl sites for hydroxylation is 1. The van der Waals surface area contributed by atoms with Crippen LogP contribution in [0.15, 0.2) is 48.5 Å². The molecule has 2 aliphatic rings. The highest BCUT2D eigenvalue weighted by atomic mass is 16.2. The molecule has 0 radical (unpaired) electrons. The molecular formula is C22H23N3O3. The Morgan fingerprint density at radius 3 is 2.54 bits per heavy atom. The van der Waals surface area contributed by atoms with Gasteiger partial charge in [0.05, 0.1) is 5.92 Å². The zero-order valence-electron chi connectivity index (χ0n) is 15.8. The van der Waals surface area contributed by atoms with E-state index >= 15 is 0 Å². The number of hydrogen-bond acceptors (Lipinski definition) is 3. The second-order valence-electron chi connectivity index (χ2n) is 7.56. The summed E-state index contributed by atoms with van der Waals surface area (Å²) in [5, 5.41) is 5.79. The lowest BCUT2D eigenvalue weighted by Crippen LogP contribution is -2.28. The van der Waals surface area contributed by atoms with Crippen molar-refractivity contribution in [1.29, 1.82) is 0 Å². The average molecular weight is 377 g/mol. The van der Waals surface area contributed by atoms with Crippen LogP contribution >= 0.6 is 0 Å². The standard InChI is InChI=1S/C22H23N3O3/c1-14-5-9-19(10-6-14)25-13-16(12-20(25)26)22(28)24-18-4-2-3-15(11-18)21(27)23-17-7-8-17/h2-6,9-11,16-17H,7-8,12-13H2,1H3,(H,23,27)(H,24,28)/t16-/m0/s1. The SMILES string of the molecule is Cc1ccc(N2C[C@@H](C(=O)Nc3cccc(C(=O)NC4CC4)c3)CC2=O)cc1. The molecule has 2 fully saturated rings. The van der Waals surface area contributed by atoms with Gasteiger partial charge < -0.3 is 15.5 Å². The summed E-state index contributed by atoms with van der Waals surface area (Å²) in [6.45, 7) is 2.35. The Balaban J connectivity index is 1.40. The van der Waals surface area contributed by atoms with Crippen molar-refractivity contribution in [2.75, 3.05) is 16.8 Å². The van der Waals surface area contributed by atoms with E-state index in [2.05, 4.69) is 10.6 Å². The normalized spacial score (nSPS) is 18.8. The molecule has 6 nitrogen and oxygen atoms in total. The lowest BCUT2D eigenvalue weighted by atomic mass is 10.1. The van der Waals surface area contributed by atoms with Gasteiger partial charge in [-0.05, 0) is 50.1 Å². The Morgan fingerprint density at radius 1 is 1.07 bits per heavy atom. The molecule has 6 heteroatoms. The van der Waals surface area contributed by atoms with Crippen molar-refractivity contribution >= 4 is 29.1 Å². The van der Waals surface area contributed by atoms with Crippen molar-refractivity contribution in [3.8, 4) is 0 Å². The fourth-order valence-corrected chi connectivity index (χ4v) is 3.34. The van der Waals surface area contributed by atoms with E-state index < -0.39 is 5.92 Å². The van der Waals surface area contributed by atoms with Gasteiger partial charge in [0.1, 0.15) is 0 Å². The molecule has 1 aliphatic heterocycles. The third kappa shape index (κ3) is 4.06. The minimum atomic E-state index is -0.419. The van der Waals surface area contributed by atoms with E-state index in [-0.39, 0.29) is 30.2 Å². The number of carbonyl (C=O) groups is 3. The highest BCUT2D eigenvalue weighted by molar-refractivity contribution is 6.04. The number of amides is 3. The number of hydrogen-bond donors (Lipinski definition) is 2. The van der Waals surface area contributed by atoms with Crippen molar-refractivity contribution < 1.29 is 14.4 Å². The van der Waals surface area contributed by atoms with Gasteiger partial charge in [0.2, 0.25) is 11.8 Å². The first-order chi connectivity index (χ1) is 13.5. The van der Waals surface area contributed by atoms with E-state index in [0.29, 0.717) is 17.8 Å². The fourth-order valence-electron chi connectivity index (χ4n) is 3.34. The molecule has 2 N–H and O–H groups in total. The lowest BCUT2D eigenvalue weighted by Gasteiger charge is -2.17. The van der Waals surface area contributed by atoms with Crippen molar-refractivity contribution in [1.82, 2.24) is 5.32 Å². The molecule has 28 heavy (non-hydrogen) atoms. The molecule has 3 amide bonds. The Labute approximate surface area is 163 Å². The monoisotopic (exact) mass is 377 g/mol. The highest BCUT2D eigenvalue weighted by Crippen LogP contribution is 2.26. The number of nitrogens with one attached hydrogen (secondary N) is 2. The van der Waals surface area contributed by atoms with Crippen LogP contribution in [0.5, 0.6) is 0 Å². The number of nitrogens with zero attached hydrogens (tertiary/aromatic N) is 1. The Morgan fingerprint density at radius 2 is 1.82 bits per heavy atom. The van der Waals surface area contributed by atoms with Gasteiger partial charge in [0.15, 0.2) is 0 Å². The molecule has 1 atom stereocenters. The molecule has 0 aromatic heterocycles. The maximum atomic E-state index is 12.7. The Hall–Kier alpha value is -3.15. The largest absolute Gasteiger partial charge is 0.349 e. The molecule has 1 aliphatic carbocycles. The van der Waals surface area contributed by atoms with Crippen molar-refractivity contribution in [2.24, 2.45) is 5.92 Å². The lowest BCUT2D eigenvalue weighted by molar-refractivity contribution is -0.122. The van der Waals surface area contributed by atoms with Crippen molar-refractivity contribution in [3.05, 3.63) is 59.7 Å². The summed E-state index contributed by atoms with van der Waals surface area (Å²) < 4.78 is 0. The molecule has 0 unspecified atom stereocenters. The molecule has 4 rings (SSSR count). The minimum Gasteiger partial charge on any atom is -0.349 e. The second-order valence-corrected chi connectivity index (χ2v) is 7.56. The number of rotatable bonds is 5. The van der Waals surface area contributed by atoms with Crippen LogP contribution in [0.3, 0.4) is 0 Å². The predicted octanol–water partition coefficient (Wildman–Crippen LogP) is 2.88. The van der Waals surface area contributed by atoms with Gasteiger partial charge in [0, 0.05) is 35.9 Å². The van der Waals surface area contributed by atoms with E-state index in [9.17, 15) is 14.4 Å². The van der Waals surface area contributed by atoms with Gasteiger partial charge in [-0.2, -0.15) is 0 Å². The first-order valence-electron chi connectivity index (χ1n) is 9.58. The Bertz CT molecular complexity index is 919. The van der Waals surface area contributed by atoms with Gasteiger partial charge >= 0.3 is 0 Å². The summed E-state index contributed by atoms with van der Waals surface area (Å²) in [7, 11) is 0. The van der Waals surface area contributed by atoms with Crippen LogP contribution in [-0.2, 0) is 9.59 Å². The van der Waals surface area contributed by atoms with E-state index in [1.54, 1.807) is 29.2 Å². The first-order valence-corrected chi connectivity index (χ1v) is 9.58. The van der Waals surface area contributed by atoms with Gasteiger partial charge in [-0.15, -0.1) is 0 Å². The van der Waals surface area contributed by atoms with Gasteiger partial charge in [-0.3, -0.25) is 14.4 Å². The minimum absolute atomic E-state index is 0.0541. The van der Waals surface area contributed by atoms with Crippen LogP contribution in [0.25, 0.3) is 0 Å². The first kappa shape index (κ1) is 18.2. The second kappa shape index (κ2) is 7.46. The molecular weight excluding hydrogens is 354 g/mol. The maximum Gasteiger partial charge on any atom is 0.251 e.